The second-order valence-corrected chi connectivity index (χ2v) is 4.34. The molecule has 0 saturated carbocycles. The number of hydrogen-bond donors (Lipinski definition) is 0. The van der Waals surface area contributed by atoms with E-state index in [1.165, 1.54) is 0 Å². The molecule has 0 saturated heterocycles. The highest BCUT2D eigenvalue weighted by Crippen LogP contribution is 2.33. The average Bonchev–Trinajstić information content (AvgIpc) is 2.24. The quantitative estimate of drug-likeness (QED) is 0.721. The SMILES string of the molecule is C=CCOc1ccc2c(c1)OC(C)(C)C=C2. The van der Waals surface area contributed by atoms with Crippen LogP contribution in [0.4, 0.5) is 0 Å². The number of fused-ring (bicyclic) bond motifs is 1. The van der Waals surface area contributed by atoms with Gasteiger partial charge in [0.15, 0.2) is 0 Å². The minimum Gasteiger partial charge on any atom is -0.489 e. The van der Waals surface area contributed by atoms with Crippen LogP contribution in [0.5, 0.6) is 11.5 Å². The summed E-state index contributed by atoms with van der Waals surface area (Å²) in [6.07, 6.45) is 5.86. The summed E-state index contributed by atoms with van der Waals surface area (Å²) >= 11 is 0. The van der Waals surface area contributed by atoms with E-state index in [0.717, 1.165) is 17.1 Å². The maximum atomic E-state index is 5.85. The predicted octanol–water partition coefficient (Wildman–Crippen LogP) is 3.44. The molecule has 1 aliphatic heterocycles. The molecular formula is C14H16O2. The Hall–Kier alpha value is -1.70. The molecule has 0 fully saturated rings. The Balaban J connectivity index is 2.25. The zero-order valence-electron chi connectivity index (χ0n) is 9.69. The molecule has 0 amide bonds. The van der Waals surface area contributed by atoms with Gasteiger partial charge in [0.25, 0.3) is 0 Å². The lowest BCUT2D eigenvalue weighted by Crippen LogP contribution is -2.27. The molecule has 0 spiro atoms. The Morgan fingerprint density at radius 1 is 1.44 bits per heavy atom. The summed E-state index contributed by atoms with van der Waals surface area (Å²) < 4.78 is 11.3. The van der Waals surface area contributed by atoms with Gasteiger partial charge in [0.1, 0.15) is 23.7 Å². The lowest BCUT2D eigenvalue weighted by atomic mass is 10.0. The highest BCUT2D eigenvalue weighted by Gasteiger charge is 2.21. The third-order valence-corrected chi connectivity index (χ3v) is 2.39. The van der Waals surface area contributed by atoms with Gasteiger partial charge in [0, 0.05) is 11.6 Å². The first-order valence-corrected chi connectivity index (χ1v) is 5.37. The molecule has 1 aromatic rings. The Labute approximate surface area is 96.2 Å². The topological polar surface area (TPSA) is 18.5 Å². The van der Waals surface area contributed by atoms with Gasteiger partial charge in [-0.3, -0.25) is 0 Å². The van der Waals surface area contributed by atoms with Crippen molar-refractivity contribution in [3.05, 3.63) is 42.5 Å². The molecular weight excluding hydrogens is 200 g/mol. The van der Waals surface area contributed by atoms with E-state index in [9.17, 15) is 0 Å². The van der Waals surface area contributed by atoms with Crippen molar-refractivity contribution in [2.45, 2.75) is 19.4 Å². The van der Waals surface area contributed by atoms with Crippen molar-refractivity contribution in [2.75, 3.05) is 6.61 Å². The number of hydrogen-bond acceptors (Lipinski definition) is 2. The fraction of sp³-hybridized carbons (Fsp3) is 0.286. The van der Waals surface area contributed by atoms with Gasteiger partial charge in [-0.15, -0.1) is 0 Å². The van der Waals surface area contributed by atoms with Crippen LogP contribution in [-0.2, 0) is 0 Å². The van der Waals surface area contributed by atoms with Crippen molar-refractivity contribution in [3.8, 4) is 11.5 Å². The predicted molar refractivity (Wildman–Crippen MR) is 65.9 cm³/mol. The van der Waals surface area contributed by atoms with Crippen molar-refractivity contribution < 1.29 is 9.47 Å². The molecule has 0 atom stereocenters. The van der Waals surface area contributed by atoms with Gasteiger partial charge in [-0.1, -0.05) is 18.7 Å². The molecule has 2 rings (SSSR count). The lowest BCUT2D eigenvalue weighted by Gasteiger charge is -2.28. The Bertz CT molecular complexity index is 430. The van der Waals surface area contributed by atoms with E-state index in [2.05, 4.69) is 18.7 Å². The molecule has 2 heteroatoms. The third kappa shape index (κ3) is 2.27. The third-order valence-electron chi connectivity index (χ3n) is 2.39. The summed E-state index contributed by atoms with van der Waals surface area (Å²) in [5.74, 6) is 1.68. The van der Waals surface area contributed by atoms with Crippen molar-refractivity contribution in [3.63, 3.8) is 0 Å². The molecule has 2 nitrogen and oxygen atoms in total. The van der Waals surface area contributed by atoms with Crippen LogP contribution in [0.2, 0.25) is 0 Å². The second-order valence-electron chi connectivity index (χ2n) is 4.34. The van der Waals surface area contributed by atoms with E-state index in [0.29, 0.717) is 6.61 Å². The molecule has 0 radical (unpaired) electrons. The van der Waals surface area contributed by atoms with Crippen LogP contribution >= 0.6 is 0 Å². The van der Waals surface area contributed by atoms with E-state index in [1.54, 1.807) is 6.08 Å². The van der Waals surface area contributed by atoms with Crippen LogP contribution in [-0.4, -0.2) is 12.2 Å². The summed E-state index contributed by atoms with van der Waals surface area (Å²) in [7, 11) is 0. The largest absolute Gasteiger partial charge is 0.489 e. The van der Waals surface area contributed by atoms with Crippen molar-refractivity contribution in [2.24, 2.45) is 0 Å². The standard InChI is InChI=1S/C14H16O2/c1-4-9-15-12-6-5-11-7-8-14(2,3)16-13(11)10-12/h4-8,10H,1,9H2,2-3H3. The molecule has 0 unspecified atom stereocenters. The first-order chi connectivity index (χ1) is 7.61. The fourth-order valence-corrected chi connectivity index (χ4v) is 1.59. The van der Waals surface area contributed by atoms with Gasteiger partial charge in [-0.05, 0) is 32.1 Å². The van der Waals surface area contributed by atoms with E-state index in [1.807, 2.05) is 32.0 Å². The molecule has 1 aliphatic rings. The van der Waals surface area contributed by atoms with E-state index >= 15 is 0 Å². The van der Waals surface area contributed by atoms with Crippen LogP contribution in [0, 0.1) is 0 Å². The molecule has 1 aromatic carbocycles. The lowest BCUT2D eigenvalue weighted by molar-refractivity contribution is 0.158. The Morgan fingerprint density at radius 3 is 3.00 bits per heavy atom. The van der Waals surface area contributed by atoms with Gasteiger partial charge >= 0.3 is 0 Å². The molecule has 0 bridgehead atoms. The second kappa shape index (κ2) is 4.05. The minimum absolute atomic E-state index is 0.246. The number of benzene rings is 1. The van der Waals surface area contributed by atoms with Crippen LogP contribution in [0.3, 0.4) is 0 Å². The first-order valence-electron chi connectivity index (χ1n) is 5.37. The molecule has 1 heterocycles. The van der Waals surface area contributed by atoms with Gasteiger partial charge in [0.05, 0.1) is 0 Å². The maximum Gasteiger partial charge on any atom is 0.131 e. The van der Waals surface area contributed by atoms with Gasteiger partial charge in [0.2, 0.25) is 0 Å². The highest BCUT2D eigenvalue weighted by molar-refractivity contribution is 5.62. The normalized spacial score (nSPS) is 16.1. The Morgan fingerprint density at radius 2 is 2.25 bits per heavy atom. The summed E-state index contributed by atoms with van der Waals surface area (Å²) in [4.78, 5) is 0. The van der Waals surface area contributed by atoms with Gasteiger partial charge in [-0.25, -0.2) is 0 Å². The van der Waals surface area contributed by atoms with Crippen molar-refractivity contribution in [1.82, 2.24) is 0 Å². The van der Waals surface area contributed by atoms with E-state index in [-0.39, 0.29) is 5.60 Å². The average molecular weight is 216 g/mol. The highest BCUT2D eigenvalue weighted by atomic mass is 16.5. The molecule has 0 N–H and O–H groups in total. The maximum absolute atomic E-state index is 5.85. The number of rotatable bonds is 3. The molecule has 16 heavy (non-hydrogen) atoms. The zero-order chi connectivity index (χ0) is 11.6. The zero-order valence-corrected chi connectivity index (χ0v) is 9.69. The molecule has 0 aliphatic carbocycles. The van der Waals surface area contributed by atoms with Gasteiger partial charge in [-0.2, -0.15) is 0 Å². The summed E-state index contributed by atoms with van der Waals surface area (Å²) in [6, 6.07) is 5.86. The smallest absolute Gasteiger partial charge is 0.131 e. The molecule has 84 valence electrons. The fourth-order valence-electron chi connectivity index (χ4n) is 1.59. The van der Waals surface area contributed by atoms with Crippen LogP contribution in [0.1, 0.15) is 19.4 Å². The van der Waals surface area contributed by atoms with Gasteiger partial charge < -0.3 is 9.47 Å². The first kappa shape index (κ1) is 10.8. The van der Waals surface area contributed by atoms with Crippen molar-refractivity contribution in [1.29, 1.82) is 0 Å². The summed E-state index contributed by atoms with van der Waals surface area (Å²) in [5, 5.41) is 0. The molecule has 0 aromatic heterocycles. The Kier molecular flexibility index (Phi) is 2.73. The van der Waals surface area contributed by atoms with E-state index < -0.39 is 0 Å². The van der Waals surface area contributed by atoms with E-state index in [4.69, 9.17) is 9.47 Å². The summed E-state index contributed by atoms with van der Waals surface area (Å²) in [5.41, 5.74) is 0.842. The number of ether oxygens (including phenoxy) is 2. The van der Waals surface area contributed by atoms with Crippen LogP contribution in [0.25, 0.3) is 6.08 Å². The van der Waals surface area contributed by atoms with Crippen molar-refractivity contribution >= 4 is 6.08 Å². The summed E-state index contributed by atoms with van der Waals surface area (Å²) in [6.45, 7) is 8.19. The monoisotopic (exact) mass is 216 g/mol. The van der Waals surface area contributed by atoms with Crippen LogP contribution in [0.15, 0.2) is 36.9 Å². The van der Waals surface area contributed by atoms with Crippen LogP contribution < -0.4 is 9.47 Å². The minimum atomic E-state index is -0.246.